The smallest absolute Gasteiger partial charge is 0.271 e. The molecule has 1 atom stereocenters. The van der Waals surface area contributed by atoms with Gasteiger partial charge in [-0.1, -0.05) is 11.6 Å². The number of nitriles is 1. The van der Waals surface area contributed by atoms with Crippen LogP contribution in [0, 0.1) is 18.3 Å². The van der Waals surface area contributed by atoms with Crippen molar-refractivity contribution in [3.05, 3.63) is 50.3 Å². The average molecular weight is 436 g/mol. The van der Waals surface area contributed by atoms with Crippen molar-refractivity contribution in [1.29, 1.82) is 5.26 Å². The fourth-order valence-corrected chi connectivity index (χ4v) is 5.24. The predicted molar refractivity (Wildman–Crippen MR) is 109 cm³/mol. The number of methoxy groups -OCH3 is 1. The van der Waals surface area contributed by atoms with E-state index in [1.807, 2.05) is 6.07 Å². The van der Waals surface area contributed by atoms with Crippen molar-refractivity contribution < 1.29 is 18.3 Å². The van der Waals surface area contributed by atoms with E-state index in [0.29, 0.717) is 16.5 Å². The van der Waals surface area contributed by atoms with Gasteiger partial charge in [0.2, 0.25) is 5.88 Å². The number of sulfone groups is 1. The van der Waals surface area contributed by atoms with Crippen LogP contribution in [0.25, 0.3) is 0 Å². The Morgan fingerprint density at radius 1 is 1.45 bits per heavy atom. The number of hydrogen-bond acceptors (Lipinski definition) is 7. The zero-order valence-corrected chi connectivity index (χ0v) is 17.3. The van der Waals surface area contributed by atoms with Crippen molar-refractivity contribution >= 4 is 33.3 Å². The van der Waals surface area contributed by atoms with Crippen LogP contribution in [-0.4, -0.2) is 42.9 Å². The standard InChI is InChI=1S/C19H18ClN3O5S/c1-11-14(8-21)18(24)23(13-5-6-29(26,27)10-13)19(25)15(11)9-22-12-3-4-17(28-2)16(20)7-12/h3-4,7,9,13,25H,5-6,10H2,1-2H3. The maximum Gasteiger partial charge on any atom is 0.271 e. The Hall–Kier alpha value is -2.83. The molecule has 3 rings (SSSR count). The molecule has 1 unspecified atom stereocenters. The minimum Gasteiger partial charge on any atom is -0.495 e. The highest BCUT2D eigenvalue weighted by molar-refractivity contribution is 7.91. The SMILES string of the molecule is COc1ccc(N=Cc2c(C)c(C#N)c(=O)n(C3CCS(=O)(=O)C3)c2O)cc1Cl. The lowest BCUT2D eigenvalue weighted by molar-refractivity contribution is 0.379. The lowest BCUT2D eigenvalue weighted by Crippen LogP contribution is -2.29. The molecular formula is C19H18ClN3O5S. The van der Waals surface area contributed by atoms with E-state index in [2.05, 4.69) is 4.99 Å². The van der Waals surface area contributed by atoms with Crippen LogP contribution in [0.2, 0.25) is 5.02 Å². The van der Waals surface area contributed by atoms with E-state index >= 15 is 0 Å². The van der Waals surface area contributed by atoms with Crippen LogP contribution in [-0.2, 0) is 9.84 Å². The molecule has 1 fully saturated rings. The Bertz CT molecular complexity index is 1210. The Morgan fingerprint density at radius 2 is 2.17 bits per heavy atom. The van der Waals surface area contributed by atoms with Gasteiger partial charge in [-0.3, -0.25) is 14.4 Å². The second-order valence-electron chi connectivity index (χ2n) is 6.66. The van der Waals surface area contributed by atoms with Crippen molar-refractivity contribution in [2.24, 2.45) is 4.99 Å². The molecule has 29 heavy (non-hydrogen) atoms. The summed E-state index contributed by atoms with van der Waals surface area (Å²) in [5.41, 5.74) is 0.0118. The third kappa shape index (κ3) is 3.99. The summed E-state index contributed by atoms with van der Waals surface area (Å²) in [5, 5.41) is 20.5. The number of halogens is 1. The Kier molecular flexibility index (Phi) is 5.68. The van der Waals surface area contributed by atoms with Gasteiger partial charge in [-0.25, -0.2) is 8.42 Å². The summed E-state index contributed by atoms with van der Waals surface area (Å²) < 4.78 is 29.7. The van der Waals surface area contributed by atoms with Gasteiger partial charge in [0.05, 0.1) is 40.9 Å². The van der Waals surface area contributed by atoms with Gasteiger partial charge in [-0.15, -0.1) is 0 Å². The summed E-state index contributed by atoms with van der Waals surface area (Å²) >= 11 is 6.09. The van der Waals surface area contributed by atoms with Gasteiger partial charge < -0.3 is 9.84 Å². The van der Waals surface area contributed by atoms with Crippen LogP contribution in [0.5, 0.6) is 11.6 Å². The summed E-state index contributed by atoms with van der Waals surface area (Å²) in [7, 11) is -1.81. The average Bonchev–Trinajstić information content (AvgIpc) is 3.01. The molecule has 2 heterocycles. The van der Waals surface area contributed by atoms with Crippen LogP contribution in [0.15, 0.2) is 28.0 Å². The Balaban J connectivity index is 2.12. The first kappa shape index (κ1) is 20.9. The zero-order chi connectivity index (χ0) is 21.3. The van der Waals surface area contributed by atoms with E-state index in [-0.39, 0.29) is 34.6 Å². The minimum absolute atomic E-state index is 0.0763. The van der Waals surface area contributed by atoms with Crippen molar-refractivity contribution in [2.75, 3.05) is 18.6 Å². The monoisotopic (exact) mass is 435 g/mol. The first-order chi connectivity index (χ1) is 13.7. The van der Waals surface area contributed by atoms with E-state index in [1.165, 1.54) is 20.2 Å². The summed E-state index contributed by atoms with van der Waals surface area (Å²) in [6.07, 6.45) is 1.51. The van der Waals surface area contributed by atoms with Crippen LogP contribution >= 0.6 is 11.6 Å². The molecular weight excluding hydrogens is 418 g/mol. The van der Waals surface area contributed by atoms with Gasteiger partial charge in [0, 0.05) is 6.21 Å². The molecule has 1 aliphatic heterocycles. The fraction of sp³-hybridized carbons (Fsp3) is 0.316. The molecule has 1 aromatic heterocycles. The summed E-state index contributed by atoms with van der Waals surface area (Å²) in [4.78, 5) is 17.0. The van der Waals surface area contributed by atoms with E-state index < -0.39 is 27.3 Å². The third-order valence-electron chi connectivity index (χ3n) is 4.84. The molecule has 0 spiro atoms. The number of pyridine rings is 1. The molecule has 0 radical (unpaired) electrons. The zero-order valence-electron chi connectivity index (χ0n) is 15.7. The normalized spacial score (nSPS) is 18.1. The number of ether oxygens (including phenoxy) is 1. The summed E-state index contributed by atoms with van der Waals surface area (Å²) in [6, 6.07) is 5.96. The summed E-state index contributed by atoms with van der Waals surface area (Å²) in [5.74, 6) is -0.282. The molecule has 10 heteroatoms. The first-order valence-electron chi connectivity index (χ1n) is 8.64. The molecule has 1 saturated heterocycles. The van der Waals surface area contributed by atoms with Gasteiger partial charge in [0.15, 0.2) is 9.84 Å². The Labute approximate surface area is 172 Å². The van der Waals surface area contributed by atoms with E-state index in [4.69, 9.17) is 16.3 Å². The lowest BCUT2D eigenvalue weighted by Gasteiger charge is -2.18. The van der Waals surface area contributed by atoms with E-state index in [0.717, 1.165) is 4.57 Å². The molecule has 0 saturated carbocycles. The second kappa shape index (κ2) is 7.89. The molecule has 0 aliphatic carbocycles. The highest BCUT2D eigenvalue weighted by atomic mass is 35.5. The quantitative estimate of drug-likeness (QED) is 0.736. The van der Waals surface area contributed by atoms with Gasteiger partial charge >= 0.3 is 0 Å². The number of aliphatic imine (C=N–C) groups is 1. The van der Waals surface area contributed by atoms with Gasteiger partial charge in [0.1, 0.15) is 17.4 Å². The topological polar surface area (TPSA) is 122 Å². The molecule has 8 nitrogen and oxygen atoms in total. The maximum atomic E-state index is 12.7. The molecule has 0 amide bonds. The van der Waals surface area contributed by atoms with E-state index in [9.17, 15) is 23.6 Å². The van der Waals surface area contributed by atoms with Crippen LogP contribution in [0.1, 0.15) is 29.2 Å². The molecule has 1 aliphatic rings. The lowest BCUT2D eigenvalue weighted by atomic mass is 10.0. The van der Waals surface area contributed by atoms with Crippen molar-refractivity contribution in [1.82, 2.24) is 4.57 Å². The van der Waals surface area contributed by atoms with Crippen LogP contribution < -0.4 is 10.3 Å². The summed E-state index contributed by atoms with van der Waals surface area (Å²) in [6.45, 7) is 1.53. The molecule has 2 aromatic rings. The van der Waals surface area contributed by atoms with Crippen LogP contribution in [0.3, 0.4) is 0 Å². The van der Waals surface area contributed by atoms with E-state index in [1.54, 1.807) is 18.2 Å². The third-order valence-corrected chi connectivity index (χ3v) is 6.89. The second-order valence-corrected chi connectivity index (χ2v) is 9.29. The van der Waals surface area contributed by atoms with Gasteiger partial charge in [0.25, 0.3) is 5.56 Å². The van der Waals surface area contributed by atoms with Gasteiger partial charge in [-0.2, -0.15) is 5.26 Å². The number of aromatic hydroxyl groups is 1. The number of rotatable bonds is 4. The van der Waals surface area contributed by atoms with Crippen LogP contribution in [0.4, 0.5) is 5.69 Å². The number of benzene rings is 1. The molecule has 1 N–H and O–H groups in total. The minimum atomic E-state index is -3.30. The maximum absolute atomic E-state index is 12.7. The highest BCUT2D eigenvalue weighted by Gasteiger charge is 2.33. The first-order valence-corrected chi connectivity index (χ1v) is 10.8. The number of aromatic nitrogens is 1. The van der Waals surface area contributed by atoms with Crippen molar-refractivity contribution in [2.45, 2.75) is 19.4 Å². The van der Waals surface area contributed by atoms with Gasteiger partial charge in [-0.05, 0) is 37.1 Å². The Morgan fingerprint density at radius 3 is 2.72 bits per heavy atom. The largest absolute Gasteiger partial charge is 0.495 e. The highest BCUT2D eigenvalue weighted by Crippen LogP contribution is 2.31. The number of hydrogen-bond donors (Lipinski definition) is 1. The molecule has 1 aromatic carbocycles. The number of nitrogens with zero attached hydrogens (tertiary/aromatic N) is 3. The predicted octanol–water partition coefficient (Wildman–Crippen LogP) is 2.51. The molecule has 152 valence electrons. The van der Waals surface area contributed by atoms with Crippen molar-refractivity contribution in [3.8, 4) is 17.7 Å². The van der Waals surface area contributed by atoms with Crippen molar-refractivity contribution in [3.63, 3.8) is 0 Å². The fourth-order valence-electron chi connectivity index (χ4n) is 3.29. The molecule has 0 bridgehead atoms.